The first-order chi connectivity index (χ1) is 27.2. The topological polar surface area (TPSA) is 138 Å². The van der Waals surface area contributed by atoms with Crippen molar-refractivity contribution in [3.05, 3.63) is 107 Å². The molecular weight excluding hydrogens is 808 g/mol. The molecule has 1 atom stereocenters. The van der Waals surface area contributed by atoms with Crippen LogP contribution in [0.5, 0.6) is 0 Å². The minimum atomic E-state index is -2.56. The van der Waals surface area contributed by atoms with E-state index in [9.17, 15) is 17.6 Å². The number of nitrogens with zero attached hydrogens (tertiary/aromatic N) is 8. The van der Waals surface area contributed by atoms with Crippen LogP contribution in [0.1, 0.15) is 102 Å². The minimum Gasteiger partial charge on any atom is -0.449 e. The molecule has 12 nitrogen and oxygen atoms in total. The number of aromatic nitrogens is 8. The van der Waals surface area contributed by atoms with Gasteiger partial charge in [0.15, 0.2) is 17.5 Å². The Morgan fingerprint density at radius 3 is 1.68 bits per heavy atom. The molecule has 0 bridgehead atoms. The Hall–Kier alpha value is -5.06. The van der Waals surface area contributed by atoms with E-state index in [1.807, 2.05) is 64.1 Å². The van der Waals surface area contributed by atoms with Crippen molar-refractivity contribution < 1.29 is 26.4 Å². The van der Waals surface area contributed by atoms with Crippen LogP contribution in [0, 0.1) is 27.7 Å². The van der Waals surface area contributed by atoms with Gasteiger partial charge in [-0.1, -0.05) is 15.9 Å². The van der Waals surface area contributed by atoms with Gasteiger partial charge in [0.05, 0.1) is 23.8 Å². The van der Waals surface area contributed by atoms with Gasteiger partial charge in [-0.05, 0) is 101 Å². The Morgan fingerprint density at radius 2 is 1.21 bits per heavy atom. The SMILES string of the molecule is Cc1cc(C)n(-c2cc(C(Br)c3ncco3)cc(NC3CCC(F)(F)CC3)n2)n1.Cc1cc(C)n(-c2cc(Cc3ncco3)cc(NC3CCC(F)(F)CC3)n2)n1. The molecule has 2 N–H and O–H groups in total. The Morgan fingerprint density at radius 1 is 0.702 bits per heavy atom. The van der Waals surface area contributed by atoms with Crippen LogP contribution in [-0.4, -0.2) is 63.4 Å². The van der Waals surface area contributed by atoms with Crippen LogP contribution in [0.25, 0.3) is 11.6 Å². The number of hydrogen-bond donors (Lipinski definition) is 2. The zero-order chi connectivity index (χ0) is 40.3. The Kier molecular flexibility index (Phi) is 11.8. The fraction of sp³-hybridized carbons (Fsp3) is 0.450. The summed E-state index contributed by atoms with van der Waals surface area (Å²) < 4.78 is 68.3. The average molecular weight is 854 g/mol. The normalized spacial score (nSPS) is 17.5. The van der Waals surface area contributed by atoms with Gasteiger partial charge < -0.3 is 19.5 Å². The van der Waals surface area contributed by atoms with E-state index in [0.717, 1.165) is 33.9 Å². The van der Waals surface area contributed by atoms with E-state index >= 15 is 0 Å². The molecule has 8 rings (SSSR count). The van der Waals surface area contributed by atoms with E-state index in [1.165, 1.54) is 6.26 Å². The molecule has 0 amide bonds. The molecule has 1 unspecified atom stereocenters. The van der Waals surface area contributed by atoms with E-state index in [4.69, 9.17) is 13.8 Å². The number of halogens is 5. The summed E-state index contributed by atoms with van der Waals surface area (Å²) in [5.74, 6) is -1.38. The van der Waals surface area contributed by atoms with Crippen molar-refractivity contribution in [1.82, 2.24) is 39.5 Å². The number of alkyl halides is 5. The monoisotopic (exact) mass is 852 g/mol. The van der Waals surface area contributed by atoms with Gasteiger partial charge in [-0.2, -0.15) is 10.2 Å². The number of pyridine rings is 2. The molecule has 0 spiro atoms. The van der Waals surface area contributed by atoms with Crippen molar-refractivity contribution in [3.8, 4) is 11.6 Å². The maximum absolute atomic E-state index is 13.5. The van der Waals surface area contributed by atoms with Crippen LogP contribution < -0.4 is 10.6 Å². The molecule has 6 aromatic heterocycles. The van der Waals surface area contributed by atoms with E-state index in [2.05, 4.69) is 51.7 Å². The molecule has 57 heavy (non-hydrogen) atoms. The molecule has 2 aliphatic carbocycles. The highest BCUT2D eigenvalue weighted by Gasteiger charge is 2.36. The fourth-order valence-corrected chi connectivity index (χ4v) is 7.74. The van der Waals surface area contributed by atoms with Gasteiger partial charge in [0.1, 0.15) is 29.0 Å². The van der Waals surface area contributed by atoms with Crippen molar-refractivity contribution in [3.63, 3.8) is 0 Å². The van der Waals surface area contributed by atoms with E-state index < -0.39 is 11.8 Å². The largest absolute Gasteiger partial charge is 0.449 e. The summed E-state index contributed by atoms with van der Waals surface area (Å²) in [6.45, 7) is 7.79. The van der Waals surface area contributed by atoms with Gasteiger partial charge in [0.25, 0.3) is 0 Å². The quantitative estimate of drug-likeness (QED) is 0.101. The number of oxazole rings is 2. The molecule has 302 valence electrons. The average Bonchev–Trinajstić information content (AvgIpc) is 3.99. The van der Waals surface area contributed by atoms with Gasteiger partial charge in [-0.25, -0.2) is 46.9 Å². The maximum atomic E-state index is 13.5. The molecule has 2 saturated carbocycles. The first kappa shape index (κ1) is 40.1. The summed E-state index contributed by atoms with van der Waals surface area (Å²) in [7, 11) is 0. The van der Waals surface area contributed by atoms with Crippen LogP contribution in [0.3, 0.4) is 0 Å². The molecule has 6 heterocycles. The number of rotatable bonds is 10. The summed E-state index contributed by atoms with van der Waals surface area (Å²) in [6.07, 6.45) is 8.05. The predicted octanol–water partition coefficient (Wildman–Crippen LogP) is 9.80. The highest BCUT2D eigenvalue weighted by molar-refractivity contribution is 9.09. The van der Waals surface area contributed by atoms with Gasteiger partial charge in [0, 0.05) is 55.6 Å². The summed E-state index contributed by atoms with van der Waals surface area (Å²) in [5, 5.41) is 15.7. The lowest BCUT2D eigenvalue weighted by atomic mass is 9.92. The molecule has 2 aliphatic rings. The van der Waals surface area contributed by atoms with Gasteiger partial charge in [-0.15, -0.1) is 0 Å². The molecule has 2 fully saturated rings. The highest BCUT2D eigenvalue weighted by Crippen LogP contribution is 2.37. The van der Waals surface area contributed by atoms with Gasteiger partial charge in [0.2, 0.25) is 17.7 Å². The lowest BCUT2D eigenvalue weighted by Crippen LogP contribution is -2.32. The van der Waals surface area contributed by atoms with Crippen molar-refractivity contribution in [2.75, 3.05) is 10.6 Å². The van der Waals surface area contributed by atoms with Crippen LogP contribution in [0.2, 0.25) is 0 Å². The van der Waals surface area contributed by atoms with Crippen molar-refractivity contribution in [1.29, 1.82) is 0 Å². The van der Waals surface area contributed by atoms with Gasteiger partial charge in [-0.3, -0.25) is 0 Å². The molecular formula is C40H45BrF4N10O2. The van der Waals surface area contributed by atoms with Crippen molar-refractivity contribution in [2.45, 2.75) is 114 Å². The summed E-state index contributed by atoms with van der Waals surface area (Å²) in [5.41, 5.74) is 5.57. The maximum Gasteiger partial charge on any atom is 0.248 e. The lowest BCUT2D eigenvalue weighted by Gasteiger charge is -2.29. The van der Waals surface area contributed by atoms with Crippen molar-refractivity contribution in [2.24, 2.45) is 0 Å². The van der Waals surface area contributed by atoms with Crippen molar-refractivity contribution >= 4 is 27.6 Å². The summed E-state index contributed by atoms with van der Waals surface area (Å²) in [6, 6.07) is 11.6. The molecule has 0 radical (unpaired) electrons. The fourth-order valence-electron chi connectivity index (χ4n) is 7.25. The zero-order valence-electron chi connectivity index (χ0n) is 32.2. The second kappa shape index (κ2) is 16.8. The molecule has 0 aromatic carbocycles. The standard InChI is InChI=1S/C20H22BrF2N5O.C20H23F2N5O/c1-12-9-13(2)28(27-12)17-11-14(18(21)19-24-7-8-29-19)10-16(26-17)25-15-3-5-20(22,23)6-4-15;1-13-9-14(2)27(26-13)18-11-15(12-19-23-7-8-28-19)10-17(25-18)24-16-3-5-20(21,22)6-4-16/h7-11,15,18H,3-6H2,1-2H3,(H,25,26);7-11,16H,3-6,12H2,1-2H3,(H,24,25). The second-order valence-corrected chi connectivity index (χ2v) is 15.8. The molecule has 0 saturated heterocycles. The number of nitrogens with one attached hydrogen (secondary N) is 2. The first-order valence-electron chi connectivity index (χ1n) is 19.0. The van der Waals surface area contributed by atoms with Gasteiger partial charge >= 0.3 is 0 Å². The Bertz CT molecular complexity index is 2240. The lowest BCUT2D eigenvalue weighted by molar-refractivity contribution is -0.0366. The second-order valence-electron chi connectivity index (χ2n) is 14.9. The van der Waals surface area contributed by atoms with Crippen LogP contribution in [0.15, 0.2) is 70.2 Å². The third-order valence-corrected chi connectivity index (χ3v) is 11.0. The minimum absolute atomic E-state index is 0.0163. The number of aryl methyl sites for hydroxylation is 4. The third-order valence-electron chi connectivity index (χ3n) is 10.1. The Balaban J connectivity index is 0.000000174. The van der Waals surface area contributed by atoms with E-state index in [-0.39, 0.29) is 42.6 Å². The summed E-state index contributed by atoms with van der Waals surface area (Å²) in [4.78, 5) is 17.5. The molecule has 0 aliphatic heterocycles. The third kappa shape index (κ3) is 10.3. The predicted molar refractivity (Wildman–Crippen MR) is 210 cm³/mol. The number of anilines is 2. The first-order valence-corrected chi connectivity index (χ1v) is 19.9. The smallest absolute Gasteiger partial charge is 0.248 e. The van der Waals surface area contributed by atoms with E-state index in [1.54, 1.807) is 28.0 Å². The summed E-state index contributed by atoms with van der Waals surface area (Å²) >= 11 is 3.64. The molecule has 17 heteroatoms. The van der Waals surface area contributed by atoms with Crippen LogP contribution >= 0.6 is 15.9 Å². The van der Waals surface area contributed by atoms with E-state index in [0.29, 0.717) is 67.2 Å². The Labute approximate surface area is 336 Å². The number of hydrogen-bond acceptors (Lipinski definition) is 10. The zero-order valence-corrected chi connectivity index (χ0v) is 33.7. The molecule has 6 aromatic rings. The highest BCUT2D eigenvalue weighted by atomic mass is 79.9. The van der Waals surface area contributed by atoms with Crippen LogP contribution in [0.4, 0.5) is 29.2 Å². The van der Waals surface area contributed by atoms with Crippen LogP contribution in [-0.2, 0) is 6.42 Å².